The van der Waals surface area contributed by atoms with E-state index in [1.807, 2.05) is 0 Å². The Labute approximate surface area is 116 Å². The van der Waals surface area contributed by atoms with Crippen LogP contribution in [-0.4, -0.2) is 35.6 Å². The standard InChI is InChI=1S/C14H28N2O3/c1-14(2,3)16-11-7-4-8-12(17)15-10-6-5-9-13(18)19/h16H,4-11H2,1-3H3,(H,15,17)(H,18,19). The van der Waals surface area contributed by atoms with E-state index in [0.717, 1.165) is 25.8 Å². The second-order valence-corrected chi connectivity index (χ2v) is 5.83. The van der Waals surface area contributed by atoms with Gasteiger partial charge in [0.2, 0.25) is 5.91 Å². The summed E-state index contributed by atoms with van der Waals surface area (Å²) in [7, 11) is 0. The zero-order valence-corrected chi connectivity index (χ0v) is 12.4. The van der Waals surface area contributed by atoms with Crippen molar-refractivity contribution in [2.75, 3.05) is 13.1 Å². The molecule has 0 atom stereocenters. The smallest absolute Gasteiger partial charge is 0.303 e. The molecule has 0 spiro atoms. The SMILES string of the molecule is CC(C)(C)NCCCCC(=O)NCCCCC(=O)O. The van der Waals surface area contributed by atoms with Crippen molar-refractivity contribution >= 4 is 11.9 Å². The summed E-state index contributed by atoms with van der Waals surface area (Å²) >= 11 is 0. The van der Waals surface area contributed by atoms with Gasteiger partial charge in [-0.3, -0.25) is 9.59 Å². The highest BCUT2D eigenvalue weighted by molar-refractivity contribution is 5.75. The molecule has 0 aliphatic carbocycles. The first kappa shape index (κ1) is 17.9. The van der Waals surface area contributed by atoms with Gasteiger partial charge in [0.15, 0.2) is 0 Å². The highest BCUT2D eigenvalue weighted by Gasteiger charge is 2.07. The Kier molecular flexibility index (Phi) is 9.21. The summed E-state index contributed by atoms with van der Waals surface area (Å²) in [5.41, 5.74) is 0.131. The molecule has 112 valence electrons. The number of aliphatic carboxylic acids is 1. The molecule has 0 aromatic heterocycles. The molecule has 0 saturated carbocycles. The first-order valence-electron chi connectivity index (χ1n) is 7.05. The molecule has 0 radical (unpaired) electrons. The van der Waals surface area contributed by atoms with Crippen molar-refractivity contribution in [3.63, 3.8) is 0 Å². The summed E-state index contributed by atoms with van der Waals surface area (Å²) < 4.78 is 0. The minimum atomic E-state index is -0.780. The van der Waals surface area contributed by atoms with Crippen LogP contribution in [0.5, 0.6) is 0 Å². The van der Waals surface area contributed by atoms with E-state index in [2.05, 4.69) is 31.4 Å². The van der Waals surface area contributed by atoms with Gasteiger partial charge in [0, 0.05) is 24.9 Å². The highest BCUT2D eigenvalue weighted by atomic mass is 16.4. The van der Waals surface area contributed by atoms with Gasteiger partial charge < -0.3 is 15.7 Å². The van der Waals surface area contributed by atoms with E-state index in [0.29, 0.717) is 19.4 Å². The molecule has 5 heteroatoms. The van der Waals surface area contributed by atoms with Crippen molar-refractivity contribution in [3.8, 4) is 0 Å². The lowest BCUT2D eigenvalue weighted by Gasteiger charge is -2.20. The summed E-state index contributed by atoms with van der Waals surface area (Å²) in [5.74, 6) is -0.719. The van der Waals surface area contributed by atoms with Crippen molar-refractivity contribution in [2.45, 2.75) is 64.8 Å². The number of carbonyl (C=O) groups is 2. The molecule has 5 nitrogen and oxygen atoms in total. The van der Waals surface area contributed by atoms with Crippen LogP contribution in [-0.2, 0) is 9.59 Å². The fraction of sp³-hybridized carbons (Fsp3) is 0.857. The quantitative estimate of drug-likeness (QED) is 0.531. The van der Waals surface area contributed by atoms with E-state index in [9.17, 15) is 9.59 Å². The maximum Gasteiger partial charge on any atom is 0.303 e. The van der Waals surface area contributed by atoms with Crippen molar-refractivity contribution in [1.82, 2.24) is 10.6 Å². The summed E-state index contributed by atoms with van der Waals surface area (Å²) in [6, 6.07) is 0. The van der Waals surface area contributed by atoms with E-state index in [1.165, 1.54) is 0 Å². The maximum atomic E-state index is 11.5. The van der Waals surface area contributed by atoms with Crippen LogP contribution in [0.2, 0.25) is 0 Å². The first-order chi connectivity index (χ1) is 8.81. The van der Waals surface area contributed by atoms with Gasteiger partial charge >= 0.3 is 5.97 Å². The molecule has 0 fully saturated rings. The van der Waals surface area contributed by atoms with Crippen LogP contribution in [0.1, 0.15) is 59.3 Å². The van der Waals surface area contributed by atoms with Gasteiger partial charge in [0.1, 0.15) is 0 Å². The summed E-state index contributed by atoms with van der Waals surface area (Å²) in [4.78, 5) is 21.7. The van der Waals surface area contributed by atoms with Gasteiger partial charge in [0.25, 0.3) is 0 Å². The number of carboxylic acid groups (broad SMARTS) is 1. The van der Waals surface area contributed by atoms with Crippen molar-refractivity contribution in [1.29, 1.82) is 0 Å². The van der Waals surface area contributed by atoms with Crippen LogP contribution in [0.25, 0.3) is 0 Å². The van der Waals surface area contributed by atoms with Gasteiger partial charge in [0.05, 0.1) is 0 Å². The average Bonchev–Trinajstić information content (AvgIpc) is 2.26. The number of nitrogens with one attached hydrogen (secondary N) is 2. The van der Waals surface area contributed by atoms with Crippen LogP contribution in [0, 0.1) is 0 Å². The summed E-state index contributed by atoms with van der Waals surface area (Å²) in [5, 5.41) is 14.6. The molecule has 3 N–H and O–H groups in total. The molecule has 0 rings (SSSR count). The zero-order chi connectivity index (χ0) is 14.7. The Bertz CT molecular complexity index is 272. The summed E-state index contributed by atoms with van der Waals surface area (Å²) in [6.07, 6.45) is 3.93. The molecule has 0 heterocycles. The third-order valence-electron chi connectivity index (χ3n) is 2.63. The number of rotatable bonds is 10. The van der Waals surface area contributed by atoms with Gasteiger partial charge in [-0.2, -0.15) is 0 Å². The fourth-order valence-corrected chi connectivity index (χ4v) is 1.59. The van der Waals surface area contributed by atoms with E-state index in [4.69, 9.17) is 5.11 Å². The Morgan fingerprint density at radius 2 is 1.53 bits per heavy atom. The molecule has 0 aromatic carbocycles. The number of carbonyl (C=O) groups excluding carboxylic acids is 1. The molecule has 19 heavy (non-hydrogen) atoms. The van der Waals surface area contributed by atoms with Crippen LogP contribution in [0.15, 0.2) is 0 Å². The average molecular weight is 272 g/mol. The molecular formula is C14H28N2O3. The van der Waals surface area contributed by atoms with Crippen molar-refractivity contribution in [3.05, 3.63) is 0 Å². The molecule has 1 amide bonds. The Morgan fingerprint density at radius 1 is 0.947 bits per heavy atom. The molecule has 0 aliphatic rings. The lowest BCUT2D eigenvalue weighted by Crippen LogP contribution is -2.36. The maximum absolute atomic E-state index is 11.5. The Balaban J connectivity index is 3.33. The van der Waals surface area contributed by atoms with Crippen LogP contribution >= 0.6 is 0 Å². The van der Waals surface area contributed by atoms with E-state index in [-0.39, 0.29) is 17.9 Å². The lowest BCUT2D eigenvalue weighted by molar-refractivity contribution is -0.137. The van der Waals surface area contributed by atoms with Gasteiger partial charge in [-0.1, -0.05) is 0 Å². The number of amides is 1. The van der Waals surface area contributed by atoms with Crippen molar-refractivity contribution < 1.29 is 14.7 Å². The molecule has 0 bridgehead atoms. The monoisotopic (exact) mass is 272 g/mol. The highest BCUT2D eigenvalue weighted by Crippen LogP contribution is 2.01. The first-order valence-corrected chi connectivity index (χ1v) is 7.05. The minimum absolute atomic E-state index is 0.0612. The lowest BCUT2D eigenvalue weighted by atomic mass is 10.1. The molecule has 0 saturated heterocycles. The van der Waals surface area contributed by atoms with Gasteiger partial charge in [-0.15, -0.1) is 0 Å². The van der Waals surface area contributed by atoms with Crippen LogP contribution < -0.4 is 10.6 Å². The third-order valence-corrected chi connectivity index (χ3v) is 2.63. The predicted molar refractivity (Wildman–Crippen MR) is 76.1 cm³/mol. The molecular weight excluding hydrogens is 244 g/mol. The summed E-state index contributed by atoms with van der Waals surface area (Å²) in [6.45, 7) is 7.87. The fourth-order valence-electron chi connectivity index (χ4n) is 1.59. The van der Waals surface area contributed by atoms with Crippen LogP contribution in [0.4, 0.5) is 0 Å². The van der Waals surface area contributed by atoms with Gasteiger partial charge in [-0.25, -0.2) is 0 Å². The van der Waals surface area contributed by atoms with Gasteiger partial charge in [-0.05, 0) is 53.0 Å². The predicted octanol–water partition coefficient (Wildman–Crippen LogP) is 1.92. The number of unbranched alkanes of at least 4 members (excludes halogenated alkanes) is 2. The number of hydrogen-bond donors (Lipinski definition) is 3. The second-order valence-electron chi connectivity index (χ2n) is 5.83. The zero-order valence-electron chi connectivity index (χ0n) is 12.4. The van der Waals surface area contributed by atoms with E-state index < -0.39 is 5.97 Å². The third kappa shape index (κ3) is 14.8. The Hall–Kier alpha value is -1.10. The topological polar surface area (TPSA) is 78.4 Å². The normalized spacial score (nSPS) is 11.3. The van der Waals surface area contributed by atoms with Crippen molar-refractivity contribution in [2.24, 2.45) is 0 Å². The van der Waals surface area contributed by atoms with E-state index >= 15 is 0 Å². The number of carboxylic acids is 1. The number of hydrogen-bond acceptors (Lipinski definition) is 3. The second kappa shape index (κ2) is 9.78. The van der Waals surface area contributed by atoms with E-state index in [1.54, 1.807) is 0 Å². The Morgan fingerprint density at radius 3 is 2.11 bits per heavy atom. The molecule has 0 unspecified atom stereocenters. The molecule has 0 aliphatic heterocycles. The molecule has 0 aromatic rings. The van der Waals surface area contributed by atoms with Crippen LogP contribution in [0.3, 0.4) is 0 Å². The minimum Gasteiger partial charge on any atom is -0.481 e. The largest absolute Gasteiger partial charge is 0.481 e.